The third-order valence-corrected chi connectivity index (χ3v) is 5.18. The summed E-state index contributed by atoms with van der Waals surface area (Å²) in [7, 11) is -4.46. The van der Waals surface area contributed by atoms with Crippen molar-refractivity contribution in [1.29, 1.82) is 0 Å². The third kappa shape index (κ3) is 10.2. The van der Waals surface area contributed by atoms with Crippen LogP contribution in [0.4, 0.5) is 10.5 Å². The molecule has 12 nitrogen and oxygen atoms in total. The van der Waals surface area contributed by atoms with Crippen molar-refractivity contribution in [3.8, 4) is 5.75 Å². The minimum atomic E-state index is -4.46. The first-order chi connectivity index (χ1) is 16.6. The maximum Gasteiger partial charge on any atom is 0.408 e. The monoisotopic (exact) mass is 522 g/mol. The summed E-state index contributed by atoms with van der Waals surface area (Å²) in [5.74, 6) is -1.46. The van der Waals surface area contributed by atoms with Crippen LogP contribution >= 0.6 is 0 Å². The number of rotatable bonds is 10. The van der Waals surface area contributed by atoms with Crippen LogP contribution in [0.3, 0.4) is 0 Å². The van der Waals surface area contributed by atoms with Crippen molar-refractivity contribution < 1.29 is 37.2 Å². The van der Waals surface area contributed by atoms with Crippen LogP contribution in [0.15, 0.2) is 48.5 Å². The Kier molecular flexibility index (Phi) is 9.25. The van der Waals surface area contributed by atoms with Crippen molar-refractivity contribution in [3.05, 3.63) is 59.7 Å². The Labute approximate surface area is 209 Å². The number of nitrogens with one attached hydrogen (secondary N) is 3. The van der Waals surface area contributed by atoms with Gasteiger partial charge in [0.1, 0.15) is 23.4 Å². The summed E-state index contributed by atoms with van der Waals surface area (Å²) in [5.41, 5.74) is 5.90. The lowest BCUT2D eigenvalue weighted by molar-refractivity contribution is -0.128. The summed E-state index contributed by atoms with van der Waals surface area (Å²) >= 11 is 0. The van der Waals surface area contributed by atoms with E-state index >= 15 is 0 Å². The van der Waals surface area contributed by atoms with E-state index < -0.39 is 45.9 Å². The zero-order chi connectivity index (χ0) is 27.1. The van der Waals surface area contributed by atoms with Gasteiger partial charge in [-0.2, -0.15) is 8.42 Å². The van der Waals surface area contributed by atoms with Crippen LogP contribution < -0.4 is 21.1 Å². The lowest BCUT2D eigenvalue weighted by Crippen LogP contribution is -2.54. The third-order valence-electron chi connectivity index (χ3n) is 4.68. The van der Waals surface area contributed by atoms with Gasteiger partial charge >= 0.3 is 16.4 Å². The minimum absolute atomic E-state index is 0.0397. The maximum atomic E-state index is 13.1. The van der Waals surface area contributed by atoms with E-state index in [-0.39, 0.29) is 24.3 Å². The van der Waals surface area contributed by atoms with Crippen LogP contribution in [0, 0.1) is 0 Å². The molecule has 2 atom stereocenters. The highest BCUT2D eigenvalue weighted by Gasteiger charge is 2.28. The number of anilines is 1. The first-order valence-corrected chi connectivity index (χ1v) is 12.3. The molecule has 0 heterocycles. The van der Waals surface area contributed by atoms with E-state index in [1.165, 1.54) is 36.4 Å². The molecular formula is C23H30N4O8S. The Morgan fingerprint density at radius 3 is 1.89 bits per heavy atom. The van der Waals surface area contributed by atoms with Crippen LogP contribution in [0.1, 0.15) is 31.9 Å². The molecule has 0 aromatic heterocycles. The van der Waals surface area contributed by atoms with Crippen molar-refractivity contribution in [3.63, 3.8) is 0 Å². The van der Waals surface area contributed by atoms with Gasteiger partial charge in [-0.05, 0) is 56.2 Å². The van der Waals surface area contributed by atoms with Crippen LogP contribution in [0.25, 0.3) is 0 Å². The SMILES string of the molecule is CC(C)(C)OC(=O)N[C@@H](Cc1ccc(NS(=O)(=O)O)cc1)C(=O)NC(Cc1ccc(O)cc1)C(N)=O. The molecule has 7 N–H and O–H groups in total. The largest absolute Gasteiger partial charge is 0.508 e. The molecular weight excluding hydrogens is 492 g/mol. The number of benzene rings is 2. The van der Waals surface area contributed by atoms with Crippen molar-refractivity contribution in [2.24, 2.45) is 5.73 Å². The van der Waals surface area contributed by atoms with E-state index in [0.29, 0.717) is 11.1 Å². The van der Waals surface area contributed by atoms with Gasteiger partial charge in [-0.1, -0.05) is 24.3 Å². The zero-order valence-corrected chi connectivity index (χ0v) is 20.8. The number of alkyl carbamates (subject to hydrolysis) is 1. The summed E-state index contributed by atoms with van der Waals surface area (Å²) in [6, 6.07) is 9.45. The van der Waals surface area contributed by atoms with E-state index in [1.54, 1.807) is 32.9 Å². The van der Waals surface area contributed by atoms with Crippen molar-refractivity contribution >= 4 is 33.9 Å². The minimum Gasteiger partial charge on any atom is -0.508 e. The second kappa shape index (κ2) is 11.7. The molecule has 2 rings (SSSR count). The second-order valence-electron chi connectivity index (χ2n) is 9.01. The molecule has 36 heavy (non-hydrogen) atoms. The molecule has 2 aromatic rings. The molecule has 0 aliphatic rings. The number of carbonyl (C=O) groups is 3. The predicted octanol–water partition coefficient (Wildman–Crippen LogP) is 1.26. The normalized spacial score (nSPS) is 13.2. The van der Waals surface area contributed by atoms with Crippen LogP contribution in [-0.2, 0) is 37.5 Å². The van der Waals surface area contributed by atoms with E-state index in [2.05, 4.69) is 10.6 Å². The second-order valence-corrected chi connectivity index (χ2v) is 10.2. The Morgan fingerprint density at radius 1 is 0.917 bits per heavy atom. The zero-order valence-electron chi connectivity index (χ0n) is 20.0. The molecule has 0 spiro atoms. The highest BCUT2D eigenvalue weighted by atomic mass is 32.2. The number of primary amides is 1. The molecule has 0 aliphatic carbocycles. The molecule has 0 radical (unpaired) electrons. The van der Waals surface area contributed by atoms with Crippen LogP contribution in [-0.4, -0.2) is 53.7 Å². The lowest BCUT2D eigenvalue weighted by Gasteiger charge is -2.25. The van der Waals surface area contributed by atoms with E-state index in [1.807, 2.05) is 4.72 Å². The van der Waals surface area contributed by atoms with Crippen molar-refractivity contribution in [2.75, 3.05) is 4.72 Å². The number of nitrogens with two attached hydrogens (primary N) is 1. The van der Waals surface area contributed by atoms with E-state index in [9.17, 15) is 27.9 Å². The van der Waals surface area contributed by atoms with Crippen LogP contribution in [0.5, 0.6) is 5.75 Å². The molecule has 0 aliphatic heterocycles. The molecule has 3 amide bonds. The molecule has 1 unspecified atom stereocenters. The molecule has 196 valence electrons. The Hall–Kier alpha value is -3.84. The number of amides is 3. The number of phenolic OH excluding ortho intramolecular Hbond substituents is 1. The number of ether oxygens (including phenoxy) is 1. The van der Waals surface area contributed by atoms with Crippen molar-refractivity contribution in [1.82, 2.24) is 10.6 Å². The first-order valence-electron chi connectivity index (χ1n) is 10.8. The number of hydrogen-bond acceptors (Lipinski definition) is 7. The molecule has 0 bridgehead atoms. The number of phenols is 1. The van der Waals surface area contributed by atoms with Gasteiger partial charge in [0.15, 0.2) is 0 Å². The van der Waals surface area contributed by atoms with Gasteiger partial charge in [0.05, 0.1) is 5.69 Å². The summed E-state index contributed by atoms with van der Waals surface area (Å²) in [6.45, 7) is 4.97. The highest BCUT2D eigenvalue weighted by molar-refractivity contribution is 7.87. The fourth-order valence-corrected chi connectivity index (χ4v) is 3.55. The number of aromatic hydroxyl groups is 1. The fraction of sp³-hybridized carbons (Fsp3) is 0.348. The number of carbonyl (C=O) groups excluding carboxylic acids is 3. The van der Waals surface area contributed by atoms with Crippen LogP contribution in [0.2, 0.25) is 0 Å². The maximum absolute atomic E-state index is 13.1. The van der Waals surface area contributed by atoms with Crippen molar-refractivity contribution in [2.45, 2.75) is 51.3 Å². The predicted molar refractivity (Wildman–Crippen MR) is 131 cm³/mol. The fourth-order valence-electron chi connectivity index (χ4n) is 3.12. The summed E-state index contributed by atoms with van der Waals surface area (Å²) < 4.78 is 38.0. The Morgan fingerprint density at radius 2 is 1.42 bits per heavy atom. The quantitative estimate of drug-likeness (QED) is 0.251. The summed E-state index contributed by atoms with van der Waals surface area (Å²) in [5, 5.41) is 14.5. The topological polar surface area (TPSA) is 197 Å². The smallest absolute Gasteiger partial charge is 0.408 e. The average molecular weight is 523 g/mol. The van der Waals surface area contributed by atoms with Gasteiger partial charge in [-0.25, -0.2) is 4.79 Å². The Bertz CT molecular complexity index is 1180. The molecule has 0 saturated heterocycles. The average Bonchev–Trinajstić information content (AvgIpc) is 2.73. The van der Waals surface area contributed by atoms with Gasteiger partial charge in [0.25, 0.3) is 0 Å². The van der Waals surface area contributed by atoms with Gasteiger partial charge in [0, 0.05) is 12.8 Å². The standard InChI is InChI=1S/C23H30N4O8S/c1-23(2,3)35-22(31)26-19(13-14-4-8-16(9-5-14)27-36(32,33)34)21(30)25-18(20(24)29)12-15-6-10-17(28)11-7-15/h4-11,18-19,27-28H,12-13H2,1-3H3,(H2,24,29)(H,25,30)(H,26,31)(H,32,33,34)/t18?,19-/m0/s1. The summed E-state index contributed by atoms with van der Waals surface area (Å²) in [4.78, 5) is 37.5. The van der Waals surface area contributed by atoms with Gasteiger partial charge < -0.3 is 26.2 Å². The first kappa shape index (κ1) is 28.4. The van der Waals surface area contributed by atoms with Gasteiger partial charge in [-0.15, -0.1) is 0 Å². The Balaban J connectivity index is 2.21. The van der Waals surface area contributed by atoms with E-state index in [0.717, 1.165) is 0 Å². The van der Waals surface area contributed by atoms with Gasteiger partial charge in [-0.3, -0.25) is 18.9 Å². The lowest BCUT2D eigenvalue weighted by atomic mass is 10.0. The molecule has 2 aromatic carbocycles. The molecule has 13 heteroatoms. The van der Waals surface area contributed by atoms with Gasteiger partial charge in [0.2, 0.25) is 11.8 Å². The highest BCUT2D eigenvalue weighted by Crippen LogP contribution is 2.15. The number of hydrogen-bond donors (Lipinski definition) is 6. The molecule has 0 fully saturated rings. The summed E-state index contributed by atoms with van der Waals surface area (Å²) in [6.07, 6.45) is -0.847. The van der Waals surface area contributed by atoms with E-state index in [4.69, 9.17) is 15.0 Å². The molecule has 0 saturated carbocycles.